The number of nitrogens with one attached hydrogen (secondary N) is 1. The van der Waals surface area contributed by atoms with Crippen molar-refractivity contribution in [3.05, 3.63) is 47.2 Å². The van der Waals surface area contributed by atoms with Crippen LogP contribution in [0.5, 0.6) is 5.75 Å². The lowest BCUT2D eigenvalue weighted by Gasteiger charge is -2.34. The molecule has 2 atom stereocenters. The van der Waals surface area contributed by atoms with Gasteiger partial charge < -0.3 is 19.4 Å². The fraction of sp³-hybridized carbons (Fsp3) is 0.481. The van der Waals surface area contributed by atoms with Crippen LogP contribution < -0.4 is 10.1 Å². The normalized spacial score (nSPS) is 19.8. The molecule has 7 nitrogen and oxygen atoms in total. The van der Waals surface area contributed by atoms with Crippen molar-refractivity contribution in [2.24, 2.45) is 0 Å². The van der Waals surface area contributed by atoms with Crippen molar-refractivity contribution in [2.75, 3.05) is 26.4 Å². The van der Waals surface area contributed by atoms with Crippen LogP contribution in [0.25, 0.3) is 22.4 Å². The van der Waals surface area contributed by atoms with Gasteiger partial charge in [-0.3, -0.25) is 9.69 Å². The molecule has 3 heterocycles. The first-order valence-electron chi connectivity index (χ1n) is 12.6. The molecule has 1 amide bonds. The summed E-state index contributed by atoms with van der Waals surface area (Å²) in [4.78, 5) is 20.0. The van der Waals surface area contributed by atoms with E-state index in [9.17, 15) is 9.18 Å². The molecule has 2 bridgehead atoms. The average molecular weight is 515 g/mol. The van der Waals surface area contributed by atoms with E-state index in [-0.39, 0.29) is 23.5 Å². The molecule has 9 heteroatoms. The smallest absolute Gasteiger partial charge is 0.240 e. The molecule has 2 fully saturated rings. The van der Waals surface area contributed by atoms with Gasteiger partial charge in [-0.1, -0.05) is 11.6 Å². The Labute approximate surface area is 215 Å². The lowest BCUT2D eigenvalue weighted by atomic mass is 10.2. The van der Waals surface area contributed by atoms with E-state index in [4.69, 9.17) is 26.1 Å². The number of imidazole rings is 1. The number of hydrogen-bond donors (Lipinski definition) is 1. The molecule has 2 aromatic carbocycles. The van der Waals surface area contributed by atoms with E-state index in [1.165, 1.54) is 25.0 Å². The zero-order chi connectivity index (χ0) is 25.2. The molecule has 2 aliphatic rings. The first-order valence-corrected chi connectivity index (χ1v) is 13.0. The van der Waals surface area contributed by atoms with E-state index in [2.05, 4.69) is 10.2 Å². The first-order chi connectivity index (χ1) is 17.4. The first kappa shape index (κ1) is 25.0. The third-order valence-corrected chi connectivity index (χ3v) is 7.16. The lowest BCUT2D eigenvalue weighted by Crippen LogP contribution is -2.46. The number of hydrogen-bond acceptors (Lipinski definition) is 5. The van der Waals surface area contributed by atoms with E-state index in [0.717, 1.165) is 37.4 Å². The second-order valence-electron chi connectivity index (χ2n) is 9.89. The number of nitrogens with zero attached hydrogens (tertiary/aromatic N) is 3. The Balaban J connectivity index is 1.33. The number of halogens is 2. The summed E-state index contributed by atoms with van der Waals surface area (Å²) in [5.74, 6) is 0.649. The predicted octanol–water partition coefficient (Wildman–Crippen LogP) is 4.65. The monoisotopic (exact) mass is 514 g/mol. The summed E-state index contributed by atoms with van der Waals surface area (Å²) in [6, 6.07) is 11.3. The average Bonchev–Trinajstić information content (AvgIpc) is 3.29. The van der Waals surface area contributed by atoms with Crippen LogP contribution in [0.1, 0.15) is 33.1 Å². The molecule has 3 aromatic rings. The molecule has 2 saturated heterocycles. The number of carbonyl (C=O) groups excluding carboxylic acids is 1. The highest BCUT2D eigenvalue weighted by Gasteiger charge is 2.36. The zero-order valence-electron chi connectivity index (χ0n) is 20.7. The maximum Gasteiger partial charge on any atom is 0.240 e. The summed E-state index contributed by atoms with van der Waals surface area (Å²) in [7, 11) is 0. The van der Waals surface area contributed by atoms with Gasteiger partial charge in [0.2, 0.25) is 5.91 Å². The maximum atomic E-state index is 13.8. The van der Waals surface area contributed by atoms with Crippen LogP contribution in [0.3, 0.4) is 0 Å². The van der Waals surface area contributed by atoms with Gasteiger partial charge in [0.1, 0.15) is 23.9 Å². The van der Waals surface area contributed by atoms with Crippen LogP contribution in [-0.4, -0.2) is 64.8 Å². The van der Waals surface area contributed by atoms with E-state index >= 15 is 0 Å². The summed E-state index contributed by atoms with van der Waals surface area (Å²) in [5, 5.41) is 2.93. The number of carbonyl (C=O) groups is 1. The fourth-order valence-corrected chi connectivity index (χ4v) is 5.42. The van der Waals surface area contributed by atoms with Gasteiger partial charge in [0.25, 0.3) is 0 Å². The van der Waals surface area contributed by atoms with E-state index in [0.29, 0.717) is 35.6 Å². The van der Waals surface area contributed by atoms with Crippen LogP contribution in [0.15, 0.2) is 36.4 Å². The minimum Gasteiger partial charge on any atom is -0.493 e. The molecular weight excluding hydrogens is 483 g/mol. The van der Waals surface area contributed by atoms with Gasteiger partial charge in [-0.05, 0) is 63.4 Å². The molecule has 0 radical (unpaired) electrons. The number of amides is 1. The van der Waals surface area contributed by atoms with Crippen molar-refractivity contribution < 1.29 is 18.7 Å². The molecule has 1 N–H and O–H groups in total. The fourth-order valence-electron chi connectivity index (χ4n) is 5.24. The Bertz CT molecular complexity index is 1230. The van der Waals surface area contributed by atoms with Crippen molar-refractivity contribution in [2.45, 2.75) is 57.8 Å². The number of aromatic nitrogens is 2. The molecule has 2 aliphatic heterocycles. The third-order valence-electron chi connectivity index (χ3n) is 6.87. The number of fused-ring (bicyclic) bond motifs is 3. The Morgan fingerprint density at radius 2 is 2.00 bits per heavy atom. The second-order valence-corrected chi connectivity index (χ2v) is 10.3. The quantitative estimate of drug-likeness (QED) is 0.421. The van der Waals surface area contributed by atoms with E-state index < -0.39 is 5.82 Å². The van der Waals surface area contributed by atoms with Crippen LogP contribution in [0.4, 0.5) is 4.39 Å². The van der Waals surface area contributed by atoms with Gasteiger partial charge in [0.15, 0.2) is 0 Å². The Kier molecular flexibility index (Phi) is 7.46. The third kappa shape index (κ3) is 5.36. The van der Waals surface area contributed by atoms with Crippen molar-refractivity contribution in [1.82, 2.24) is 19.8 Å². The lowest BCUT2D eigenvalue weighted by molar-refractivity contribution is -0.122. The predicted molar refractivity (Wildman–Crippen MR) is 138 cm³/mol. The molecule has 0 saturated carbocycles. The Morgan fingerprint density at radius 1 is 1.22 bits per heavy atom. The summed E-state index contributed by atoms with van der Waals surface area (Å²) in [5.41, 5.74) is 2.13. The summed E-state index contributed by atoms with van der Waals surface area (Å²) in [6.07, 6.45) is 3.39. The van der Waals surface area contributed by atoms with Gasteiger partial charge in [-0.15, -0.1) is 0 Å². The highest BCUT2D eigenvalue weighted by Crippen LogP contribution is 2.31. The van der Waals surface area contributed by atoms with Crippen molar-refractivity contribution in [3.63, 3.8) is 0 Å². The van der Waals surface area contributed by atoms with Gasteiger partial charge in [0.05, 0.1) is 35.9 Å². The van der Waals surface area contributed by atoms with Gasteiger partial charge in [0, 0.05) is 36.3 Å². The summed E-state index contributed by atoms with van der Waals surface area (Å²) in [6.45, 7) is 7.22. The van der Waals surface area contributed by atoms with Gasteiger partial charge in [-0.2, -0.15) is 0 Å². The number of ether oxygens (including phenoxy) is 2. The molecule has 0 spiro atoms. The number of benzene rings is 2. The van der Waals surface area contributed by atoms with Gasteiger partial charge in [-0.25, -0.2) is 9.37 Å². The van der Waals surface area contributed by atoms with E-state index in [1.807, 2.05) is 36.6 Å². The zero-order valence-corrected chi connectivity index (χ0v) is 21.4. The molecule has 0 aliphatic carbocycles. The highest BCUT2D eigenvalue weighted by molar-refractivity contribution is 6.31. The minimum absolute atomic E-state index is 0.00969. The minimum atomic E-state index is -0.499. The molecule has 0 unspecified atom stereocenters. The highest BCUT2D eigenvalue weighted by atomic mass is 35.5. The van der Waals surface area contributed by atoms with Gasteiger partial charge >= 0.3 is 0 Å². The van der Waals surface area contributed by atoms with Crippen LogP contribution in [-0.2, 0) is 16.1 Å². The Morgan fingerprint density at radius 3 is 2.72 bits per heavy atom. The number of morpholine rings is 1. The molecule has 1 aromatic heterocycles. The topological polar surface area (TPSA) is 68.6 Å². The second kappa shape index (κ2) is 10.7. The Hall–Kier alpha value is -2.68. The molecule has 5 rings (SSSR count). The van der Waals surface area contributed by atoms with Crippen LogP contribution >= 0.6 is 11.6 Å². The van der Waals surface area contributed by atoms with Crippen LogP contribution in [0, 0.1) is 5.82 Å². The molecule has 192 valence electrons. The van der Waals surface area contributed by atoms with E-state index in [1.54, 1.807) is 6.07 Å². The summed E-state index contributed by atoms with van der Waals surface area (Å²) < 4.78 is 27.3. The largest absolute Gasteiger partial charge is 0.493 e. The molecular formula is C27H32ClFN4O3. The van der Waals surface area contributed by atoms with Crippen molar-refractivity contribution in [1.29, 1.82) is 0 Å². The SMILES string of the molecule is CC(C)NC(=O)Cn1c(-c2ccc(F)c(Cl)c2)nc2cc(OCCCN3[C@@H]4CC[C@H]3COC4)ccc21. The maximum absolute atomic E-state index is 13.8. The van der Waals surface area contributed by atoms with Crippen LogP contribution in [0.2, 0.25) is 5.02 Å². The standard InChI is InChI=1S/C27H32ClFN4O3/c1-17(2)30-26(34)14-33-25-9-7-21(36-11-3-10-32-19-5-6-20(32)16-35-15-19)13-24(25)31-27(33)18-4-8-23(29)22(28)12-18/h4,7-9,12-13,17,19-20H,3,5-6,10-11,14-16H2,1-2H3,(H,30,34)/t19-,20+. The van der Waals surface area contributed by atoms with Crippen molar-refractivity contribution in [3.8, 4) is 17.1 Å². The summed E-state index contributed by atoms with van der Waals surface area (Å²) >= 11 is 6.04. The molecule has 36 heavy (non-hydrogen) atoms. The van der Waals surface area contributed by atoms with Crippen molar-refractivity contribution >= 4 is 28.5 Å². The number of rotatable bonds is 9.